The molecular weight excluding hydrogens is 284 g/mol. The van der Waals surface area contributed by atoms with Gasteiger partial charge in [-0.25, -0.2) is 0 Å². The van der Waals surface area contributed by atoms with Crippen molar-refractivity contribution in [3.8, 4) is 5.75 Å². The minimum atomic E-state index is 0. The smallest absolute Gasteiger partial charge is 0.129 e. The fourth-order valence-corrected chi connectivity index (χ4v) is 2.16. The van der Waals surface area contributed by atoms with Gasteiger partial charge in [-0.2, -0.15) is 0 Å². The molecule has 112 valence electrons. The van der Waals surface area contributed by atoms with Gasteiger partial charge in [-0.3, -0.25) is 4.99 Å². The number of hydrogen-bond donors (Lipinski definition) is 1. The van der Waals surface area contributed by atoms with Crippen molar-refractivity contribution < 1.29 is 4.74 Å². The van der Waals surface area contributed by atoms with Gasteiger partial charge in [0.05, 0.1) is 18.7 Å². The average Bonchev–Trinajstić information content (AvgIpc) is 2.48. The number of benzene rings is 2. The molecule has 0 spiro atoms. The van der Waals surface area contributed by atoms with E-state index in [-0.39, 0.29) is 18.4 Å². The number of nitrogens with zero attached hydrogens (tertiary/aromatic N) is 1. The number of rotatable bonds is 5. The quantitative estimate of drug-likeness (QED) is 0.679. The molecule has 2 rings (SSSR count). The Labute approximate surface area is 132 Å². The van der Waals surface area contributed by atoms with Gasteiger partial charge in [0.15, 0.2) is 0 Å². The summed E-state index contributed by atoms with van der Waals surface area (Å²) in [7, 11) is 1.64. The zero-order valence-electron chi connectivity index (χ0n) is 12.3. The molecule has 0 aliphatic rings. The first kappa shape index (κ1) is 17.1. The van der Waals surface area contributed by atoms with Crippen molar-refractivity contribution in [1.82, 2.24) is 0 Å². The predicted molar refractivity (Wildman–Crippen MR) is 90.6 cm³/mol. The Hall–Kier alpha value is -2.00. The predicted octanol–water partition coefficient (Wildman–Crippen LogP) is 3.45. The second-order valence-corrected chi connectivity index (χ2v) is 4.75. The largest absolute Gasteiger partial charge is 0.496 e. The number of amidine groups is 1. The summed E-state index contributed by atoms with van der Waals surface area (Å²) >= 11 is 0. The Bertz CT molecular complexity index is 584. The van der Waals surface area contributed by atoms with Crippen LogP contribution < -0.4 is 10.5 Å². The number of aliphatic imine (C=N–C) groups is 1. The van der Waals surface area contributed by atoms with Gasteiger partial charge in [0.2, 0.25) is 0 Å². The molecule has 4 heteroatoms. The van der Waals surface area contributed by atoms with E-state index < -0.39 is 0 Å². The SMILES string of the molecule is COc1ccccc1C(N)=N[C@H](C)Cc1ccccc1.Cl. The molecule has 2 aromatic rings. The van der Waals surface area contributed by atoms with Crippen LogP contribution in [0.2, 0.25) is 0 Å². The normalized spacial score (nSPS) is 12.4. The zero-order chi connectivity index (χ0) is 14.4. The van der Waals surface area contributed by atoms with Gasteiger partial charge in [-0.05, 0) is 31.0 Å². The number of hydrogen-bond acceptors (Lipinski definition) is 2. The van der Waals surface area contributed by atoms with E-state index >= 15 is 0 Å². The molecule has 0 aromatic heterocycles. The van der Waals surface area contributed by atoms with Crippen LogP contribution in [0.15, 0.2) is 59.6 Å². The molecule has 0 bridgehead atoms. The highest BCUT2D eigenvalue weighted by molar-refractivity contribution is 6.00. The lowest BCUT2D eigenvalue weighted by Crippen LogP contribution is -2.18. The van der Waals surface area contributed by atoms with Gasteiger partial charge >= 0.3 is 0 Å². The number of ether oxygens (including phenoxy) is 1. The molecule has 0 unspecified atom stereocenters. The van der Waals surface area contributed by atoms with Crippen molar-refractivity contribution in [1.29, 1.82) is 0 Å². The van der Waals surface area contributed by atoms with Crippen LogP contribution in [-0.2, 0) is 6.42 Å². The van der Waals surface area contributed by atoms with Crippen LogP contribution in [0, 0.1) is 0 Å². The molecule has 0 heterocycles. The minimum absolute atomic E-state index is 0. The summed E-state index contributed by atoms with van der Waals surface area (Å²) in [6.07, 6.45) is 0.872. The van der Waals surface area contributed by atoms with Crippen LogP contribution in [0.1, 0.15) is 18.1 Å². The lowest BCUT2D eigenvalue weighted by Gasteiger charge is -2.11. The van der Waals surface area contributed by atoms with Crippen LogP contribution in [0.25, 0.3) is 0 Å². The molecular formula is C17H21ClN2O. The molecule has 2 N–H and O–H groups in total. The molecule has 0 saturated heterocycles. The number of methoxy groups -OCH3 is 1. The van der Waals surface area contributed by atoms with Crippen molar-refractivity contribution in [2.24, 2.45) is 10.7 Å². The van der Waals surface area contributed by atoms with E-state index in [4.69, 9.17) is 10.5 Å². The molecule has 1 atom stereocenters. The van der Waals surface area contributed by atoms with E-state index in [0.717, 1.165) is 17.7 Å². The van der Waals surface area contributed by atoms with Crippen LogP contribution in [-0.4, -0.2) is 19.0 Å². The Morgan fingerprint density at radius 2 is 1.71 bits per heavy atom. The number of halogens is 1. The van der Waals surface area contributed by atoms with E-state index in [1.165, 1.54) is 5.56 Å². The first-order chi connectivity index (χ1) is 9.70. The first-order valence-corrected chi connectivity index (χ1v) is 6.71. The molecule has 21 heavy (non-hydrogen) atoms. The molecule has 0 radical (unpaired) electrons. The Balaban J connectivity index is 0.00000220. The molecule has 0 saturated carbocycles. The summed E-state index contributed by atoms with van der Waals surface area (Å²) < 4.78 is 5.31. The summed E-state index contributed by atoms with van der Waals surface area (Å²) in [4.78, 5) is 4.57. The lowest BCUT2D eigenvalue weighted by atomic mass is 10.1. The minimum Gasteiger partial charge on any atom is -0.496 e. The second-order valence-electron chi connectivity index (χ2n) is 4.75. The van der Waals surface area contributed by atoms with E-state index in [1.54, 1.807) is 7.11 Å². The Kier molecular flexibility index (Phi) is 6.76. The van der Waals surface area contributed by atoms with E-state index in [0.29, 0.717) is 5.84 Å². The maximum absolute atomic E-state index is 6.10. The fraction of sp³-hybridized carbons (Fsp3) is 0.235. The highest BCUT2D eigenvalue weighted by Crippen LogP contribution is 2.17. The molecule has 0 aliphatic heterocycles. The summed E-state index contributed by atoms with van der Waals surface area (Å²) in [6.45, 7) is 2.06. The Morgan fingerprint density at radius 1 is 1.10 bits per heavy atom. The van der Waals surface area contributed by atoms with Gasteiger partial charge in [0, 0.05) is 0 Å². The summed E-state index contributed by atoms with van der Waals surface area (Å²) in [5.74, 6) is 1.27. The Morgan fingerprint density at radius 3 is 2.38 bits per heavy atom. The molecule has 0 aliphatic carbocycles. The van der Waals surface area contributed by atoms with E-state index in [1.807, 2.05) is 42.5 Å². The topological polar surface area (TPSA) is 47.6 Å². The molecule has 2 aromatic carbocycles. The average molecular weight is 305 g/mol. The van der Waals surface area contributed by atoms with Crippen molar-refractivity contribution in [2.75, 3.05) is 7.11 Å². The fourth-order valence-electron chi connectivity index (χ4n) is 2.16. The highest BCUT2D eigenvalue weighted by Gasteiger charge is 2.08. The van der Waals surface area contributed by atoms with Gasteiger partial charge in [-0.15, -0.1) is 12.4 Å². The van der Waals surface area contributed by atoms with Crippen molar-refractivity contribution in [3.05, 3.63) is 65.7 Å². The zero-order valence-corrected chi connectivity index (χ0v) is 13.1. The number of nitrogens with two attached hydrogens (primary N) is 1. The molecule has 3 nitrogen and oxygen atoms in total. The second kappa shape index (κ2) is 8.32. The first-order valence-electron chi connectivity index (χ1n) is 6.71. The molecule has 0 fully saturated rings. The van der Waals surface area contributed by atoms with Crippen molar-refractivity contribution >= 4 is 18.2 Å². The highest BCUT2D eigenvalue weighted by atomic mass is 35.5. The lowest BCUT2D eigenvalue weighted by molar-refractivity contribution is 0.414. The van der Waals surface area contributed by atoms with Gasteiger partial charge in [0.1, 0.15) is 11.6 Å². The third-order valence-corrected chi connectivity index (χ3v) is 3.12. The van der Waals surface area contributed by atoms with Crippen molar-refractivity contribution in [2.45, 2.75) is 19.4 Å². The van der Waals surface area contributed by atoms with Gasteiger partial charge in [-0.1, -0.05) is 42.5 Å². The maximum atomic E-state index is 6.10. The van der Waals surface area contributed by atoms with E-state index in [9.17, 15) is 0 Å². The number of para-hydroxylation sites is 1. The van der Waals surface area contributed by atoms with E-state index in [2.05, 4.69) is 24.0 Å². The summed E-state index contributed by atoms with van der Waals surface area (Å²) in [5, 5.41) is 0. The third-order valence-electron chi connectivity index (χ3n) is 3.12. The van der Waals surface area contributed by atoms with Crippen LogP contribution >= 0.6 is 12.4 Å². The van der Waals surface area contributed by atoms with Crippen LogP contribution in [0.5, 0.6) is 5.75 Å². The third kappa shape index (κ3) is 4.80. The maximum Gasteiger partial charge on any atom is 0.129 e. The van der Waals surface area contributed by atoms with Crippen LogP contribution in [0.3, 0.4) is 0 Å². The summed E-state index contributed by atoms with van der Waals surface area (Å²) in [6, 6.07) is 18.1. The standard InChI is InChI=1S/C17H20N2O.ClH/c1-13(12-14-8-4-3-5-9-14)19-17(18)15-10-6-7-11-16(15)20-2;/h3-11,13H,12H2,1-2H3,(H2,18,19);1H/t13-;/m1./s1. The summed E-state index contributed by atoms with van der Waals surface area (Å²) in [5.41, 5.74) is 8.20. The van der Waals surface area contributed by atoms with Crippen LogP contribution in [0.4, 0.5) is 0 Å². The van der Waals surface area contributed by atoms with Gasteiger partial charge < -0.3 is 10.5 Å². The monoisotopic (exact) mass is 304 g/mol. The van der Waals surface area contributed by atoms with Crippen molar-refractivity contribution in [3.63, 3.8) is 0 Å². The molecule has 0 amide bonds. The van der Waals surface area contributed by atoms with Gasteiger partial charge in [0.25, 0.3) is 0 Å².